The average molecular weight is 438 g/mol. The van der Waals surface area contributed by atoms with E-state index < -0.39 is 0 Å². The van der Waals surface area contributed by atoms with Gasteiger partial charge in [0, 0.05) is 51.3 Å². The fraction of sp³-hybridized carbons (Fsp3) is 0.500. The first-order valence-corrected chi connectivity index (χ1v) is 11.5. The van der Waals surface area contributed by atoms with Crippen molar-refractivity contribution >= 4 is 17.6 Å². The van der Waals surface area contributed by atoms with Gasteiger partial charge in [0.2, 0.25) is 11.8 Å². The van der Waals surface area contributed by atoms with Crippen molar-refractivity contribution in [3.05, 3.63) is 42.5 Å². The second-order valence-corrected chi connectivity index (χ2v) is 8.27. The first-order valence-electron chi connectivity index (χ1n) is 11.5. The normalized spacial score (nSPS) is 18.6. The number of carbonyl (C=O) groups excluding carboxylic acids is 2. The minimum absolute atomic E-state index is 0.00117. The summed E-state index contributed by atoms with van der Waals surface area (Å²) in [5, 5.41) is 8.76. The van der Waals surface area contributed by atoms with Crippen molar-refractivity contribution in [3.8, 4) is 11.3 Å². The van der Waals surface area contributed by atoms with Crippen LogP contribution in [0.25, 0.3) is 11.3 Å². The first-order chi connectivity index (χ1) is 15.6. The molecule has 1 aromatic heterocycles. The standard InChI is InChI=1S/C24H31N5O3/c1-2-23(30)29(17-20-9-6-16-32-20)18-24(31)28-14-12-27(13-15-28)22-11-10-21(25-26-22)19-7-4-3-5-8-19/h3-5,7-8,10-11,20H,2,6,9,12-18H2,1H3/t20-/m1/s1. The molecule has 2 aromatic rings. The number of amides is 2. The van der Waals surface area contributed by atoms with E-state index in [1.807, 2.05) is 54.3 Å². The number of hydrogen-bond donors (Lipinski definition) is 0. The Hall–Kier alpha value is -3.00. The molecular formula is C24H31N5O3. The molecule has 4 rings (SSSR count). The SMILES string of the molecule is CCC(=O)N(CC(=O)N1CCN(c2ccc(-c3ccccc3)nn2)CC1)C[C@H]1CCCO1. The van der Waals surface area contributed by atoms with Crippen LogP contribution < -0.4 is 4.90 Å². The largest absolute Gasteiger partial charge is 0.376 e. The molecule has 1 aromatic carbocycles. The maximum Gasteiger partial charge on any atom is 0.242 e. The van der Waals surface area contributed by atoms with Crippen molar-refractivity contribution in [3.63, 3.8) is 0 Å². The number of ether oxygens (including phenoxy) is 1. The van der Waals surface area contributed by atoms with Gasteiger partial charge in [-0.2, -0.15) is 0 Å². The highest BCUT2D eigenvalue weighted by Gasteiger charge is 2.27. The molecule has 170 valence electrons. The smallest absolute Gasteiger partial charge is 0.242 e. The lowest BCUT2D eigenvalue weighted by Crippen LogP contribution is -2.52. The predicted octanol–water partition coefficient (Wildman–Crippen LogP) is 2.21. The Bertz CT molecular complexity index is 892. The number of anilines is 1. The van der Waals surface area contributed by atoms with Gasteiger partial charge in [-0.15, -0.1) is 10.2 Å². The predicted molar refractivity (Wildman–Crippen MR) is 122 cm³/mol. The van der Waals surface area contributed by atoms with Crippen LogP contribution in [0.1, 0.15) is 26.2 Å². The number of hydrogen-bond acceptors (Lipinski definition) is 6. The molecule has 8 nitrogen and oxygen atoms in total. The molecule has 0 saturated carbocycles. The fourth-order valence-electron chi connectivity index (χ4n) is 4.22. The third kappa shape index (κ3) is 5.43. The highest BCUT2D eigenvalue weighted by atomic mass is 16.5. The number of carbonyl (C=O) groups is 2. The molecule has 8 heteroatoms. The molecule has 2 aliphatic heterocycles. The zero-order valence-electron chi connectivity index (χ0n) is 18.7. The molecule has 0 unspecified atom stereocenters. The minimum Gasteiger partial charge on any atom is -0.376 e. The van der Waals surface area contributed by atoms with Gasteiger partial charge < -0.3 is 19.4 Å². The van der Waals surface area contributed by atoms with E-state index in [0.29, 0.717) is 39.1 Å². The highest BCUT2D eigenvalue weighted by molar-refractivity contribution is 5.85. The Morgan fingerprint density at radius 3 is 2.47 bits per heavy atom. The summed E-state index contributed by atoms with van der Waals surface area (Å²) in [5.74, 6) is 0.814. The van der Waals surface area contributed by atoms with Crippen LogP contribution >= 0.6 is 0 Å². The number of piperazine rings is 1. The molecule has 0 bridgehead atoms. The summed E-state index contributed by atoms with van der Waals surface area (Å²) in [7, 11) is 0. The quantitative estimate of drug-likeness (QED) is 0.661. The molecule has 2 amide bonds. The number of benzene rings is 1. The van der Waals surface area contributed by atoms with Crippen molar-refractivity contribution in [2.75, 3.05) is 50.8 Å². The van der Waals surface area contributed by atoms with E-state index in [2.05, 4.69) is 15.1 Å². The molecular weight excluding hydrogens is 406 g/mol. The molecule has 2 saturated heterocycles. The van der Waals surface area contributed by atoms with Crippen LogP contribution in [0, 0.1) is 0 Å². The third-order valence-corrected chi connectivity index (χ3v) is 6.11. The van der Waals surface area contributed by atoms with Crippen LogP contribution in [0.5, 0.6) is 0 Å². The fourth-order valence-corrected chi connectivity index (χ4v) is 4.22. The van der Waals surface area contributed by atoms with E-state index in [0.717, 1.165) is 36.5 Å². The number of rotatable bonds is 7. The van der Waals surface area contributed by atoms with Crippen LogP contribution in [0.2, 0.25) is 0 Å². The summed E-state index contributed by atoms with van der Waals surface area (Å²) in [5.41, 5.74) is 1.88. The molecule has 32 heavy (non-hydrogen) atoms. The molecule has 0 N–H and O–H groups in total. The topological polar surface area (TPSA) is 78.9 Å². The average Bonchev–Trinajstić information content (AvgIpc) is 3.37. The number of aromatic nitrogens is 2. The van der Waals surface area contributed by atoms with Gasteiger partial charge in [0.05, 0.1) is 18.3 Å². The summed E-state index contributed by atoms with van der Waals surface area (Å²) in [6, 6.07) is 13.9. The van der Waals surface area contributed by atoms with E-state index in [1.165, 1.54) is 0 Å². The molecule has 3 heterocycles. The molecule has 0 spiro atoms. The van der Waals surface area contributed by atoms with Gasteiger partial charge >= 0.3 is 0 Å². The Kier molecular flexibility index (Phi) is 7.32. The highest BCUT2D eigenvalue weighted by Crippen LogP contribution is 2.19. The van der Waals surface area contributed by atoms with Gasteiger partial charge in [-0.1, -0.05) is 37.3 Å². The Morgan fingerprint density at radius 2 is 1.84 bits per heavy atom. The summed E-state index contributed by atoms with van der Waals surface area (Å²) in [6.45, 7) is 5.79. The Morgan fingerprint density at radius 1 is 1.06 bits per heavy atom. The first kappa shape index (κ1) is 22.2. The van der Waals surface area contributed by atoms with Crippen LogP contribution in [0.4, 0.5) is 5.82 Å². The third-order valence-electron chi connectivity index (χ3n) is 6.11. The van der Waals surface area contributed by atoms with E-state index in [1.54, 1.807) is 4.90 Å². The lowest BCUT2D eigenvalue weighted by molar-refractivity contribution is -0.141. The second kappa shape index (κ2) is 10.5. The molecule has 2 aliphatic rings. The minimum atomic E-state index is -0.00467. The van der Waals surface area contributed by atoms with Crippen LogP contribution in [-0.2, 0) is 14.3 Å². The van der Waals surface area contributed by atoms with E-state index in [9.17, 15) is 9.59 Å². The molecule has 0 radical (unpaired) electrons. The Labute approximate surface area is 189 Å². The lowest BCUT2D eigenvalue weighted by atomic mass is 10.1. The second-order valence-electron chi connectivity index (χ2n) is 8.27. The van der Waals surface area contributed by atoms with Crippen molar-refractivity contribution < 1.29 is 14.3 Å². The summed E-state index contributed by atoms with van der Waals surface area (Å²) in [4.78, 5) is 30.9. The maximum absolute atomic E-state index is 12.9. The lowest BCUT2D eigenvalue weighted by Gasteiger charge is -2.36. The van der Waals surface area contributed by atoms with E-state index in [4.69, 9.17) is 4.74 Å². The van der Waals surface area contributed by atoms with Crippen LogP contribution in [0.3, 0.4) is 0 Å². The summed E-state index contributed by atoms with van der Waals surface area (Å²) >= 11 is 0. The van der Waals surface area contributed by atoms with Crippen LogP contribution in [-0.4, -0.2) is 83.8 Å². The zero-order valence-corrected chi connectivity index (χ0v) is 18.7. The summed E-state index contributed by atoms with van der Waals surface area (Å²) < 4.78 is 5.67. The van der Waals surface area contributed by atoms with Gasteiger partial charge in [0.1, 0.15) is 0 Å². The molecule has 0 aliphatic carbocycles. The van der Waals surface area contributed by atoms with Gasteiger partial charge in [-0.3, -0.25) is 9.59 Å². The van der Waals surface area contributed by atoms with Crippen molar-refractivity contribution in [1.29, 1.82) is 0 Å². The van der Waals surface area contributed by atoms with Crippen molar-refractivity contribution in [2.24, 2.45) is 0 Å². The zero-order chi connectivity index (χ0) is 22.3. The summed E-state index contributed by atoms with van der Waals surface area (Å²) in [6.07, 6.45) is 2.41. The monoisotopic (exact) mass is 437 g/mol. The molecule has 2 fully saturated rings. The van der Waals surface area contributed by atoms with Gasteiger partial charge in [-0.25, -0.2) is 0 Å². The van der Waals surface area contributed by atoms with Gasteiger partial charge in [0.15, 0.2) is 5.82 Å². The molecule has 1 atom stereocenters. The number of nitrogens with zero attached hydrogens (tertiary/aromatic N) is 5. The Balaban J connectivity index is 1.30. The van der Waals surface area contributed by atoms with E-state index in [-0.39, 0.29) is 24.5 Å². The van der Waals surface area contributed by atoms with Crippen LogP contribution in [0.15, 0.2) is 42.5 Å². The van der Waals surface area contributed by atoms with Crippen molar-refractivity contribution in [2.45, 2.75) is 32.3 Å². The van der Waals surface area contributed by atoms with Gasteiger partial charge in [-0.05, 0) is 25.0 Å². The maximum atomic E-state index is 12.9. The van der Waals surface area contributed by atoms with Crippen molar-refractivity contribution in [1.82, 2.24) is 20.0 Å². The van der Waals surface area contributed by atoms with E-state index >= 15 is 0 Å². The van der Waals surface area contributed by atoms with Gasteiger partial charge in [0.25, 0.3) is 0 Å².